The van der Waals surface area contributed by atoms with Gasteiger partial charge in [0, 0.05) is 5.56 Å². The van der Waals surface area contributed by atoms with E-state index in [9.17, 15) is 0 Å². The molecule has 0 spiro atoms. The third-order valence-corrected chi connectivity index (χ3v) is 2.96. The number of fused-ring (bicyclic) bond motifs is 3. The van der Waals surface area contributed by atoms with Gasteiger partial charge in [-0.2, -0.15) is 0 Å². The van der Waals surface area contributed by atoms with Crippen LogP contribution < -0.4 is 4.74 Å². The summed E-state index contributed by atoms with van der Waals surface area (Å²) in [5.74, 6) is 1.02. The van der Waals surface area contributed by atoms with Crippen molar-refractivity contribution in [3.63, 3.8) is 0 Å². The highest BCUT2D eigenvalue weighted by atomic mass is 16.6. The average molecular weight is 176 g/mol. The maximum atomic E-state index is 5.55. The largest absolute Gasteiger partial charge is 0.496 e. The maximum absolute atomic E-state index is 5.55. The third kappa shape index (κ3) is 0.985. The molecule has 1 heterocycles. The molecule has 0 unspecified atom stereocenters. The SMILES string of the molecule is COc1cccc2c1CC[C@@H]1O[C@@H]21. The molecule has 1 saturated heterocycles. The van der Waals surface area contributed by atoms with Gasteiger partial charge >= 0.3 is 0 Å². The Morgan fingerprint density at radius 2 is 2.38 bits per heavy atom. The highest BCUT2D eigenvalue weighted by Gasteiger charge is 2.44. The fourth-order valence-electron chi connectivity index (χ4n) is 2.23. The molecule has 2 nitrogen and oxygen atoms in total. The summed E-state index contributed by atoms with van der Waals surface area (Å²) in [5.41, 5.74) is 2.69. The summed E-state index contributed by atoms with van der Waals surface area (Å²) in [5, 5.41) is 0. The van der Waals surface area contributed by atoms with Crippen molar-refractivity contribution in [1.82, 2.24) is 0 Å². The smallest absolute Gasteiger partial charge is 0.122 e. The Morgan fingerprint density at radius 1 is 1.46 bits per heavy atom. The quantitative estimate of drug-likeness (QED) is 0.611. The second-order valence-corrected chi connectivity index (χ2v) is 3.66. The van der Waals surface area contributed by atoms with Gasteiger partial charge < -0.3 is 9.47 Å². The lowest BCUT2D eigenvalue weighted by Gasteiger charge is -2.15. The zero-order valence-corrected chi connectivity index (χ0v) is 7.62. The standard InChI is InChI=1S/C11H12O2/c1-12-9-4-2-3-8-7(9)5-6-10-11(8)13-10/h2-4,10-11H,5-6H2,1H3/t10-,11-/m0/s1. The fraction of sp³-hybridized carbons (Fsp3) is 0.455. The molecule has 2 atom stereocenters. The van der Waals surface area contributed by atoms with E-state index in [-0.39, 0.29) is 0 Å². The van der Waals surface area contributed by atoms with E-state index < -0.39 is 0 Å². The van der Waals surface area contributed by atoms with E-state index in [0.29, 0.717) is 12.2 Å². The molecule has 1 fully saturated rings. The van der Waals surface area contributed by atoms with Gasteiger partial charge in [0.15, 0.2) is 0 Å². The lowest BCUT2D eigenvalue weighted by atomic mass is 9.91. The third-order valence-electron chi connectivity index (χ3n) is 2.96. The molecular weight excluding hydrogens is 164 g/mol. The van der Waals surface area contributed by atoms with Crippen molar-refractivity contribution in [2.24, 2.45) is 0 Å². The van der Waals surface area contributed by atoms with E-state index in [2.05, 4.69) is 6.07 Å². The Labute approximate surface area is 77.5 Å². The van der Waals surface area contributed by atoms with E-state index >= 15 is 0 Å². The predicted octanol–water partition coefficient (Wildman–Crippen LogP) is 2.08. The van der Waals surface area contributed by atoms with Crippen LogP contribution in [0.1, 0.15) is 23.7 Å². The molecule has 1 aromatic carbocycles. The molecule has 2 aliphatic rings. The van der Waals surface area contributed by atoms with E-state index in [1.165, 1.54) is 11.1 Å². The molecule has 0 amide bonds. The highest BCUT2D eigenvalue weighted by Crippen LogP contribution is 2.48. The lowest BCUT2D eigenvalue weighted by molar-refractivity contribution is 0.372. The van der Waals surface area contributed by atoms with Crippen LogP contribution in [0.3, 0.4) is 0 Å². The van der Waals surface area contributed by atoms with E-state index in [4.69, 9.17) is 9.47 Å². The first-order chi connectivity index (χ1) is 6.40. The molecule has 1 aliphatic heterocycles. The minimum Gasteiger partial charge on any atom is -0.496 e. The first-order valence-electron chi connectivity index (χ1n) is 4.71. The minimum absolute atomic E-state index is 0.374. The summed E-state index contributed by atoms with van der Waals surface area (Å²) in [6, 6.07) is 6.23. The van der Waals surface area contributed by atoms with Gasteiger partial charge in [-0.3, -0.25) is 0 Å². The Morgan fingerprint density at radius 3 is 3.23 bits per heavy atom. The summed E-state index contributed by atoms with van der Waals surface area (Å²) in [7, 11) is 1.73. The molecule has 0 radical (unpaired) electrons. The normalized spacial score (nSPS) is 29.0. The second kappa shape index (κ2) is 2.48. The zero-order chi connectivity index (χ0) is 8.84. The van der Waals surface area contributed by atoms with Crippen LogP contribution in [0.25, 0.3) is 0 Å². The number of rotatable bonds is 1. The Bertz CT molecular complexity index is 346. The molecular formula is C11H12O2. The summed E-state index contributed by atoms with van der Waals surface area (Å²) >= 11 is 0. The Kier molecular flexibility index (Phi) is 1.41. The number of methoxy groups -OCH3 is 1. The molecule has 1 aliphatic carbocycles. The van der Waals surface area contributed by atoms with E-state index in [1.807, 2.05) is 12.1 Å². The Balaban J connectivity index is 2.12. The Hall–Kier alpha value is -1.02. The molecule has 2 heteroatoms. The fourth-order valence-corrected chi connectivity index (χ4v) is 2.23. The topological polar surface area (TPSA) is 21.8 Å². The molecule has 1 aromatic rings. The van der Waals surface area contributed by atoms with Gasteiger partial charge in [-0.25, -0.2) is 0 Å². The van der Waals surface area contributed by atoms with Gasteiger partial charge in [0.1, 0.15) is 11.9 Å². The van der Waals surface area contributed by atoms with Gasteiger partial charge in [-0.05, 0) is 24.5 Å². The highest BCUT2D eigenvalue weighted by molar-refractivity contribution is 5.45. The molecule has 0 bridgehead atoms. The van der Waals surface area contributed by atoms with Crippen molar-refractivity contribution in [3.8, 4) is 5.75 Å². The van der Waals surface area contributed by atoms with Crippen molar-refractivity contribution < 1.29 is 9.47 Å². The van der Waals surface area contributed by atoms with Crippen LogP contribution in [-0.2, 0) is 11.2 Å². The van der Waals surface area contributed by atoms with Crippen LogP contribution in [0, 0.1) is 0 Å². The number of hydrogen-bond acceptors (Lipinski definition) is 2. The van der Waals surface area contributed by atoms with Crippen LogP contribution >= 0.6 is 0 Å². The first-order valence-corrected chi connectivity index (χ1v) is 4.71. The van der Waals surface area contributed by atoms with Crippen molar-refractivity contribution in [3.05, 3.63) is 29.3 Å². The molecule has 0 aromatic heterocycles. The summed E-state index contributed by atoms with van der Waals surface area (Å²) < 4.78 is 10.9. The van der Waals surface area contributed by atoms with Gasteiger partial charge in [0.2, 0.25) is 0 Å². The summed E-state index contributed by atoms with van der Waals surface area (Å²) in [6.07, 6.45) is 3.12. The van der Waals surface area contributed by atoms with Gasteiger partial charge in [-0.15, -0.1) is 0 Å². The maximum Gasteiger partial charge on any atom is 0.122 e. The van der Waals surface area contributed by atoms with Gasteiger partial charge in [-0.1, -0.05) is 12.1 Å². The van der Waals surface area contributed by atoms with Crippen molar-refractivity contribution >= 4 is 0 Å². The lowest BCUT2D eigenvalue weighted by Crippen LogP contribution is -2.05. The van der Waals surface area contributed by atoms with Crippen LogP contribution in [0.4, 0.5) is 0 Å². The van der Waals surface area contributed by atoms with E-state index in [1.54, 1.807) is 7.11 Å². The second-order valence-electron chi connectivity index (χ2n) is 3.66. The number of epoxide rings is 1. The molecule has 68 valence electrons. The summed E-state index contributed by atoms with van der Waals surface area (Å²) in [4.78, 5) is 0. The molecule has 13 heavy (non-hydrogen) atoms. The molecule has 0 N–H and O–H groups in total. The van der Waals surface area contributed by atoms with Crippen molar-refractivity contribution in [2.75, 3.05) is 7.11 Å². The first kappa shape index (κ1) is 7.39. The van der Waals surface area contributed by atoms with Crippen LogP contribution in [0.2, 0.25) is 0 Å². The van der Waals surface area contributed by atoms with Crippen molar-refractivity contribution in [2.45, 2.75) is 25.0 Å². The van der Waals surface area contributed by atoms with Gasteiger partial charge in [0.25, 0.3) is 0 Å². The monoisotopic (exact) mass is 176 g/mol. The molecule has 0 saturated carbocycles. The molecule has 3 rings (SSSR count). The predicted molar refractivity (Wildman–Crippen MR) is 48.9 cm³/mol. The number of benzene rings is 1. The van der Waals surface area contributed by atoms with Crippen LogP contribution in [-0.4, -0.2) is 13.2 Å². The van der Waals surface area contributed by atoms with Crippen molar-refractivity contribution in [1.29, 1.82) is 0 Å². The van der Waals surface area contributed by atoms with Crippen LogP contribution in [0.15, 0.2) is 18.2 Å². The number of hydrogen-bond donors (Lipinski definition) is 0. The average Bonchev–Trinajstić information content (AvgIpc) is 2.95. The number of ether oxygens (including phenoxy) is 2. The zero-order valence-electron chi connectivity index (χ0n) is 7.62. The van der Waals surface area contributed by atoms with E-state index in [0.717, 1.165) is 18.6 Å². The van der Waals surface area contributed by atoms with Gasteiger partial charge in [0.05, 0.1) is 13.2 Å². The summed E-state index contributed by atoms with van der Waals surface area (Å²) in [6.45, 7) is 0. The minimum atomic E-state index is 0.374. The van der Waals surface area contributed by atoms with Crippen LogP contribution in [0.5, 0.6) is 5.75 Å².